The molecule has 1 rings (SSSR count). The van der Waals surface area contributed by atoms with E-state index in [-0.39, 0.29) is 6.42 Å². The van der Waals surface area contributed by atoms with Crippen LogP contribution < -0.4 is 0 Å². The summed E-state index contributed by atoms with van der Waals surface area (Å²) in [7, 11) is 0. The highest BCUT2D eigenvalue weighted by molar-refractivity contribution is 5.76. The van der Waals surface area contributed by atoms with Crippen LogP contribution in [0, 0.1) is 5.41 Å². The Kier molecular flexibility index (Phi) is 2.53. The minimum Gasteiger partial charge on any atom is -0.416 e. The van der Waals surface area contributed by atoms with Crippen LogP contribution in [0.5, 0.6) is 0 Å². The normalized spacial score (nSPS) is 25.0. The Morgan fingerprint density at radius 1 is 1.12 bits per heavy atom. The average Bonchev–Trinajstić information content (AvgIpc) is 2.44. The Labute approximate surface area is 88.8 Å². The third-order valence-electron chi connectivity index (χ3n) is 2.81. The number of rotatable bonds is 3. The molecule has 0 aromatic carbocycles. The predicted molar refractivity (Wildman–Crippen MR) is 43.9 cm³/mol. The molecule has 0 radical (unpaired) electrons. The molecule has 0 aromatic rings. The van der Waals surface area contributed by atoms with Crippen LogP contribution in [-0.4, -0.2) is 23.7 Å². The van der Waals surface area contributed by atoms with Crippen LogP contribution in [0.2, 0.25) is 0 Å². The van der Waals surface area contributed by atoms with Gasteiger partial charge in [-0.1, -0.05) is 6.92 Å². The Bertz CT molecular complexity index is 310. The van der Waals surface area contributed by atoms with Gasteiger partial charge >= 0.3 is 23.7 Å². The van der Waals surface area contributed by atoms with Crippen molar-refractivity contribution in [2.75, 3.05) is 0 Å². The van der Waals surface area contributed by atoms with Crippen molar-refractivity contribution in [3.63, 3.8) is 0 Å². The zero-order chi connectivity index (χ0) is 13.0. The summed E-state index contributed by atoms with van der Waals surface area (Å²) in [5.74, 6) is -15.8. The van der Waals surface area contributed by atoms with Crippen LogP contribution in [0.1, 0.15) is 27.2 Å². The maximum Gasteiger partial charge on any atom is 0.392 e. The first-order valence-corrected chi connectivity index (χ1v) is 4.62. The lowest BCUT2D eigenvalue weighted by molar-refractivity contribution is -0.193. The van der Waals surface area contributed by atoms with Crippen LogP contribution in [-0.2, 0) is 9.53 Å². The second-order valence-electron chi connectivity index (χ2n) is 4.37. The Morgan fingerprint density at radius 2 is 1.50 bits per heavy atom. The third kappa shape index (κ3) is 1.33. The summed E-state index contributed by atoms with van der Waals surface area (Å²) in [6.45, 7) is 4.10. The molecule has 7 heteroatoms. The van der Waals surface area contributed by atoms with Crippen molar-refractivity contribution in [1.82, 2.24) is 0 Å². The lowest BCUT2D eigenvalue weighted by atomic mass is 9.91. The first kappa shape index (κ1) is 13.2. The highest BCUT2D eigenvalue weighted by atomic mass is 19.3. The summed E-state index contributed by atoms with van der Waals surface area (Å²) in [6.07, 6.45) is 0.152. The van der Waals surface area contributed by atoms with Crippen LogP contribution in [0.15, 0.2) is 0 Å². The van der Waals surface area contributed by atoms with Gasteiger partial charge in [-0.25, -0.2) is 0 Å². The van der Waals surface area contributed by atoms with Crippen molar-refractivity contribution in [3.8, 4) is 0 Å². The molecule has 1 aliphatic rings. The summed E-state index contributed by atoms with van der Waals surface area (Å²) in [4.78, 5) is 11.2. The van der Waals surface area contributed by atoms with Gasteiger partial charge in [0.15, 0.2) is 0 Å². The fourth-order valence-corrected chi connectivity index (χ4v) is 0.902. The topological polar surface area (TPSA) is 26.3 Å². The number of hydrogen-bond donors (Lipinski definition) is 0. The highest BCUT2D eigenvalue weighted by Crippen LogP contribution is 2.69. The second-order valence-corrected chi connectivity index (χ2v) is 4.37. The van der Waals surface area contributed by atoms with E-state index in [2.05, 4.69) is 4.74 Å². The molecular weight excluding hydrogens is 235 g/mol. The van der Waals surface area contributed by atoms with Crippen LogP contribution >= 0.6 is 0 Å². The molecule has 0 saturated heterocycles. The summed E-state index contributed by atoms with van der Waals surface area (Å²) in [6, 6.07) is 0. The molecule has 0 amide bonds. The van der Waals surface area contributed by atoms with E-state index in [1.807, 2.05) is 0 Å². The molecular formula is C9H11F5O2. The van der Waals surface area contributed by atoms with E-state index in [1.54, 1.807) is 0 Å². The number of halogens is 5. The molecule has 0 aromatic heterocycles. The van der Waals surface area contributed by atoms with E-state index >= 15 is 0 Å². The maximum absolute atomic E-state index is 13.0. The largest absolute Gasteiger partial charge is 0.416 e. The third-order valence-corrected chi connectivity index (χ3v) is 2.81. The van der Waals surface area contributed by atoms with Gasteiger partial charge in [-0.3, -0.25) is 4.79 Å². The van der Waals surface area contributed by atoms with Crippen molar-refractivity contribution in [2.24, 2.45) is 5.41 Å². The van der Waals surface area contributed by atoms with Gasteiger partial charge in [0.1, 0.15) is 0 Å². The minimum absolute atomic E-state index is 0.152. The van der Waals surface area contributed by atoms with Crippen LogP contribution in [0.4, 0.5) is 22.0 Å². The lowest BCUT2D eigenvalue weighted by Gasteiger charge is -2.21. The van der Waals surface area contributed by atoms with E-state index < -0.39 is 29.1 Å². The summed E-state index contributed by atoms with van der Waals surface area (Å²) in [5, 5.41) is 0. The standard InChI is InChI=1S/C9H11F5O2/c1-4-6(2,3)5(15)16-9(14)7(10,11)8(9,12)13/h4H2,1-3H3. The molecule has 0 spiro atoms. The van der Waals surface area contributed by atoms with Gasteiger partial charge in [0.25, 0.3) is 0 Å². The fraction of sp³-hybridized carbons (Fsp3) is 0.889. The number of esters is 1. The van der Waals surface area contributed by atoms with Gasteiger partial charge in [-0.05, 0) is 20.3 Å². The number of hydrogen-bond acceptors (Lipinski definition) is 2. The van der Waals surface area contributed by atoms with E-state index in [0.717, 1.165) is 0 Å². The van der Waals surface area contributed by atoms with Crippen molar-refractivity contribution in [1.29, 1.82) is 0 Å². The molecule has 94 valence electrons. The minimum atomic E-state index is -4.94. The van der Waals surface area contributed by atoms with Crippen molar-refractivity contribution >= 4 is 5.97 Å². The monoisotopic (exact) mass is 246 g/mol. The Morgan fingerprint density at radius 3 is 1.75 bits per heavy atom. The number of carbonyl (C=O) groups is 1. The number of ether oxygens (including phenoxy) is 1. The maximum atomic E-state index is 13.0. The van der Waals surface area contributed by atoms with Gasteiger partial charge in [0.2, 0.25) is 0 Å². The van der Waals surface area contributed by atoms with E-state index in [4.69, 9.17) is 0 Å². The lowest BCUT2D eigenvalue weighted by Crippen LogP contribution is -2.33. The zero-order valence-corrected chi connectivity index (χ0v) is 8.91. The molecule has 1 aliphatic carbocycles. The number of alkyl halides is 5. The van der Waals surface area contributed by atoms with Gasteiger partial charge < -0.3 is 4.74 Å². The van der Waals surface area contributed by atoms with Gasteiger partial charge in [-0.2, -0.15) is 22.0 Å². The van der Waals surface area contributed by atoms with Gasteiger partial charge in [-0.15, -0.1) is 0 Å². The zero-order valence-electron chi connectivity index (χ0n) is 8.91. The summed E-state index contributed by atoms with van der Waals surface area (Å²) >= 11 is 0. The summed E-state index contributed by atoms with van der Waals surface area (Å²) in [5.41, 5.74) is -1.28. The predicted octanol–water partition coefficient (Wildman–Crippen LogP) is 2.92. The van der Waals surface area contributed by atoms with Crippen LogP contribution in [0.3, 0.4) is 0 Å². The Hall–Kier alpha value is -0.880. The molecule has 0 heterocycles. The van der Waals surface area contributed by atoms with Crippen molar-refractivity contribution < 1.29 is 31.5 Å². The van der Waals surface area contributed by atoms with Gasteiger partial charge in [0, 0.05) is 0 Å². The molecule has 1 saturated carbocycles. The molecule has 0 atom stereocenters. The molecule has 0 aliphatic heterocycles. The quantitative estimate of drug-likeness (QED) is 0.565. The van der Waals surface area contributed by atoms with E-state index in [1.165, 1.54) is 20.8 Å². The Balaban J connectivity index is 2.83. The molecule has 0 unspecified atom stereocenters. The van der Waals surface area contributed by atoms with E-state index in [0.29, 0.717) is 0 Å². The van der Waals surface area contributed by atoms with Crippen LogP contribution in [0.25, 0.3) is 0 Å². The average molecular weight is 246 g/mol. The summed E-state index contributed by atoms with van der Waals surface area (Å²) < 4.78 is 66.3. The molecule has 0 bridgehead atoms. The first-order chi connectivity index (χ1) is 6.94. The fourth-order valence-electron chi connectivity index (χ4n) is 0.902. The van der Waals surface area contributed by atoms with Gasteiger partial charge in [0.05, 0.1) is 5.41 Å². The van der Waals surface area contributed by atoms with Crippen molar-refractivity contribution in [3.05, 3.63) is 0 Å². The molecule has 1 fully saturated rings. The highest BCUT2D eigenvalue weighted by Gasteiger charge is 3.03. The molecule has 2 nitrogen and oxygen atoms in total. The molecule has 16 heavy (non-hydrogen) atoms. The SMILES string of the molecule is CCC(C)(C)C(=O)OC1(F)C(F)(F)C1(F)F. The smallest absolute Gasteiger partial charge is 0.392 e. The second kappa shape index (κ2) is 3.07. The molecule has 0 N–H and O–H groups in total. The van der Waals surface area contributed by atoms with Crippen molar-refractivity contribution in [2.45, 2.75) is 44.9 Å². The van der Waals surface area contributed by atoms with E-state index in [9.17, 15) is 26.7 Å². The number of carbonyl (C=O) groups excluding carboxylic acids is 1. The first-order valence-electron chi connectivity index (χ1n) is 4.62.